The number of hydrogen-bond acceptors (Lipinski definition) is 0. The summed E-state index contributed by atoms with van der Waals surface area (Å²) in [4.78, 5) is 0. The zero-order valence-electron chi connectivity index (χ0n) is 13.9. The Morgan fingerprint density at radius 1 is 0.667 bits per heavy atom. The van der Waals surface area contributed by atoms with Crippen molar-refractivity contribution in [2.24, 2.45) is 0 Å². The van der Waals surface area contributed by atoms with Crippen molar-refractivity contribution in [1.29, 1.82) is 0 Å². The van der Waals surface area contributed by atoms with E-state index in [1.54, 1.807) is 24.2 Å². The van der Waals surface area contributed by atoms with Crippen molar-refractivity contribution in [3.8, 4) is 0 Å². The summed E-state index contributed by atoms with van der Waals surface area (Å²) in [7, 11) is 0. The molecule has 0 aromatic heterocycles. The third-order valence-electron chi connectivity index (χ3n) is 3.10. The van der Waals surface area contributed by atoms with Crippen LogP contribution in [0.5, 0.6) is 0 Å². The van der Waals surface area contributed by atoms with Gasteiger partial charge in [-0.25, -0.2) is 0 Å². The van der Waals surface area contributed by atoms with Crippen LogP contribution in [-0.4, -0.2) is 3.21 Å². The molecular formula is C21H22Cl2Zr. The molecule has 0 amide bonds. The summed E-state index contributed by atoms with van der Waals surface area (Å²) in [5.74, 6) is 0. The third-order valence-corrected chi connectivity index (χ3v) is 3.10. The molecule has 0 radical (unpaired) electrons. The molecule has 0 bridgehead atoms. The molecule has 0 N–H and O–H groups in total. The molecule has 0 fully saturated rings. The standard InChI is InChI=1S/2C9H7.C3H6.2ClH.Zr/c2*1-2-5-9-7-3-6-8(9)4-1;1-3-2;;;/h2*1-7H;1-2H3;2*1H;/q2*-1;;;;+2. The smallest absolute Gasteiger partial charge is 0.0809 e. The van der Waals surface area contributed by atoms with Gasteiger partial charge in [-0.1, -0.05) is 12.1 Å². The summed E-state index contributed by atoms with van der Waals surface area (Å²) < 4.78 is 1.51. The molecule has 0 atom stereocenters. The Balaban J connectivity index is 0.000000341. The zero-order valence-corrected chi connectivity index (χ0v) is 18.0. The molecule has 0 aliphatic rings. The molecule has 24 heavy (non-hydrogen) atoms. The van der Waals surface area contributed by atoms with E-state index >= 15 is 0 Å². The summed E-state index contributed by atoms with van der Waals surface area (Å²) >= 11 is 1.55. The van der Waals surface area contributed by atoms with Crippen molar-refractivity contribution in [3.63, 3.8) is 0 Å². The van der Waals surface area contributed by atoms with Crippen LogP contribution in [0.1, 0.15) is 13.8 Å². The van der Waals surface area contributed by atoms with Crippen LogP contribution in [0.15, 0.2) is 84.9 Å². The van der Waals surface area contributed by atoms with Gasteiger partial charge in [0.2, 0.25) is 0 Å². The molecule has 0 aliphatic heterocycles. The predicted molar refractivity (Wildman–Crippen MR) is 110 cm³/mol. The van der Waals surface area contributed by atoms with Crippen LogP contribution in [0.25, 0.3) is 21.5 Å². The van der Waals surface area contributed by atoms with Crippen molar-refractivity contribution in [3.05, 3.63) is 84.9 Å². The van der Waals surface area contributed by atoms with Crippen molar-refractivity contribution in [2.75, 3.05) is 0 Å². The Morgan fingerprint density at radius 3 is 1.33 bits per heavy atom. The van der Waals surface area contributed by atoms with Gasteiger partial charge in [0, 0.05) is 0 Å². The molecule has 0 spiro atoms. The second kappa shape index (κ2) is 12.4. The minimum absolute atomic E-state index is 0. The monoisotopic (exact) mass is 434 g/mol. The molecule has 0 saturated carbocycles. The topological polar surface area (TPSA) is 0 Å². The molecule has 0 saturated heterocycles. The van der Waals surface area contributed by atoms with Crippen molar-refractivity contribution >= 4 is 49.6 Å². The Kier molecular flexibility index (Phi) is 11.9. The first-order valence-electron chi connectivity index (χ1n) is 7.39. The molecule has 0 nitrogen and oxygen atoms in total. The van der Waals surface area contributed by atoms with E-state index in [-0.39, 0.29) is 24.8 Å². The van der Waals surface area contributed by atoms with E-state index in [1.807, 2.05) is 0 Å². The van der Waals surface area contributed by atoms with Crippen LogP contribution >= 0.6 is 24.8 Å². The van der Waals surface area contributed by atoms with Gasteiger partial charge in [-0.3, -0.25) is 0 Å². The van der Waals surface area contributed by atoms with Gasteiger partial charge in [-0.15, -0.1) is 84.1 Å². The quantitative estimate of drug-likeness (QED) is 0.269. The molecule has 0 unspecified atom stereocenters. The predicted octanol–water partition coefficient (Wildman–Crippen LogP) is 6.71. The molecule has 4 aromatic rings. The van der Waals surface area contributed by atoms with Crippen molar-refractivity contribution in [2.45, 2.75) is 13.8 Å². The summed E-state index contributed by atoms with van der Waals surface area (Å²) in [6.45, 7) is 4.25. The van der Waals surface area contributed by atoms with Crippen LogP contribution in [0.2, 0.25) is 0 Å². The fraction of sp³-hybridized carbons (Fsp3) is 0.0952. The number of rotatable bonds is 0. The van der Waals surface area contributed by atoms with Gasteiger partial charge < -0.3 is 0 Å². The van der Waals surface area contributed by atoms with Crippen LogP contribution in [0.4, 0.5) is 0 Å². The number of benzene rings is 2. The molecule has 4 rings (SSSR count). The maximum absolute atomic E-state index is 2.12. The Bertz CT molecular complexity index is 712. The average Bonchev–Trinajstić information content (AvgIpc) is 3.16. The van der Waals surface area contributed by atoms with Gasteiger partial charge in [-0.05, 0) is 0 Å². The Morgan fingerprint density at radius 2 is 1.00 bits per heavy atom. The van der Waals surface area contributed by atoms with E-state index < -0.39 is 0 Å². The maximum atomic E-state index is 2.12. The van der Waals surface area contributed by atoms with Crippen molar-refractivity contribution in [1.82, 2.24) is 0 Å². The van der Waals surface area contributed by atoms with Crippen molar-refractivity contribution < 1.29 is 24.2 Å². The largest absolute Gasteiger partial charge is 0.168 e. The fourth-order valence-electron chi connectivity index (χ4n) is 2.14. The average molecular weight is 437 g/mol. The number of halogens is 2. The normalized spacial score (nSPS) is 8.83. The molecule has 0 heterocycles. The molecule has 0 aliphatic carbocycles. The van der Waals surface area contributed by atoms with Gasteiger partial charge in [0.05, 0.1) is 0 Å². The first kappa shape index (κ1) is 23.0. The minimum Gasteiger partial charge on any atom is -0.168 e. The van der Waals surface area contributed by atoms with Crippen LogP contribution in [0, 0.1) is 0 Å². The van der Waals surface area contributed by atoms with E-state index in [4.69, 9.17) is 0 Å². The molecule has 124 valence electrons. The summed E-state index contributed by atoms with van der Waals surface area (Å²) in [6, 6.07) is 29.3. The first-order chi connectivity index (χ1) is 10.7. The van der Waals surface area contributed by atoms with E-state index in [9.17, 15) is 0 Å². The Labute approximate surface area is 171 Å². The maximum Gasteiger partial charge on any atom is -0.0809 e. The third kappa shape index (κ3) is 7.71. The van der Waals surface area contributed by atoms with Crippen LogP contribution < -0.4 is 0 Å². The fourth-order valence-corrected chi connectivity index (χ4v) is 2.14. The van der Waals surface area contributed by atoms with E-state index in [0.29, 0.717) is 0 Å². The Hall–Kier alpha value is -1.01. The summed E-state index contributed by atoms with van der Waals surface area (Å²) in [5.41, 5.74) is 0. The van der Waals surface area contributed by atoms with Gasteiger partial charge in [0.15, 0.2) is 0 Å². The van der Waals surface area contributed by atoms with E-state index in [0.717, 1.165) is 0 Å². The van der Waals surface area contributed by atoms with Gasteiger partial charge in [-0.2, -0.15) is 35.0 Å². The van der Waals surface area contributed by atoms with Gasteiger partial charge >= 0.3 is 41.3 Å². The second-order valence-corrected chi connectivity index (χ2v) is 7.77. The molecule has 4 aromatic carbocycles. The minimum atomic E-state index is 0. The summed E-state index contributed by atoms with van der Waals surface area (Å²) in [6.07, 6.45) is 0. The summed E-state index contributed by atoms with van der Waals surface area (Å²) in [5, 5.41) is 5.32. The number of fused-ring (bicyclic) bond motifs is 2. The SMILES string of the molecule is C[C](C)=[Zr+2].Cl.Cl.c1ccc2[cH-]ccc2c1.c1ccc2[cH-]ccc2c1. The molecule has 3 heteroatoms. The number of hydrogen-bond donors (Lipinski definition) is 0. The van der Waals surface area contributed by atoms with E-state index in [2.05, 4.69) is 98.8 Å². The zero-order chi connectivity index (χ0) is 15.8. The first-order valence-corrected chi connectivity index (χ1v) is 8.62. The van der Waals surface area contributed by atoms with Gasteiger partial charge in [0.1, 0.15) is 0 Å². The van der Waals surface area contributed by atoms with E-state index in [1.165, 1.54) is 24.8 Å². The molecular weight excluding hydrogens is 414 g/mol. The van der Waals surface area contributed by atoms with Gasteiger partial charge in [0.25, 0.3) is 0 Å². The van der Waals surface area contributed by atoms with Crippen LogP contribution in [0.3, 0.4) is 0 Å². The second-order valence-electron chi connectivity index (χ2n) is 5.31. The van der Waals surface area contributed by atoms with Crippen LogP contribution in [-0.2, 0) is 24.2 Å².